The van der Waals surface area contributed by atoms with Gasteiger partial charge in [-0.1, -0.05) is 0 Å². The van der Waals surface area contributed by atoms with Crippen molar-refractivity contribution in [1.29, 1.82) is 0 Å². The second-order valence-electron chi connectivity index (χ2n) is 1.85. The quantitative estimate of drug-likeness (QED) is 0.420. The first-order valence-electron chi connectivity index (χ1n) is 1.51. The lowest BCUT2D eigenvalue weighted by Gasteiger charge is -2.05. The number of halogens is 1. The van der Waals surface area contributed by atoms with E-state index in [4.69, 9.17) is 11.2 Å². The molecule has 1 radical (unpaired) electrons. The van der Waals surface area contributed by atoms with Gasteiger partial charge in [0, 0.05) is 0 Å². The van der Waals surface area contributed by atoms with Gasteiger partial charge in [-0.15, -0.1) is 11.2 Å². The first-order valence-corrected chi connectivity index (χ1v) is 5.55. The highest BCUT2D eigenvalue weighted by Gasteiger charge is 1.95. The summed E-state index contributed by atoms with van der Waals surface area (Å²) in [6, 6.07) is 0. The molecule has 0 amide bonds. The molecule has 0 unspecified atom stereocenters. The van der Waals surface area contributed by atoms with Crippen LogP contribution in [0, 0.1) is 0 Å². The Balaban J connectivity index is 3.02. The van der Waals surface area contributed by atoms with Crippen molar-refractivity contribution in [3.05, 3.63) is 0 Å². The second-order valence-corrected chi connectivity index (χ2v) is 8.59. The Bertz CT molecular complexity index is 22.4. The summed E-state index contributed by atoms with van der Waals surface area (Å²) in [4.78, 5) is 0. The average Bonchev–Trinajstić information content (AvgIpc) is 0.722. The summed E-state index contributed by atoms with van der Waals surface area (Å²) in [5, 5.41) is 0. The SMILES string of the molecule is C[P](C)(C)Cl. The van der Waals surface area contributed by atoms with Crippen LogP contribution in [-0.4, -0.2) is 20.0 Å². The Hall–Kier alpha value is 0.720. The molecule has 0 bridgehead atoms. The predicted octanol–water partition coefficient (Wildman–Crippen LogP) is 2.05. The summed E-state index contributed by atoms with van der Waals surface area (Å²) in [7, 11) is 0. The molecule has 0 aliphatic rings. The fraction of sp³-hybridized carbons (Fsp3) is 1.00. The first-order chi connectivity index (χ1) is 2.00. The fourth-order valence-electron chi connectivity index (χ4n) is 0. The molecule has 0 aromatic carbocycles. The minimum absolute atomic E-state index is 0.917. The van der Waals surface area contributed by atoms with E-state index in [0.717, 1.165) is 0 Å². The summed E-state index contributed by atoms with van der Waals surface area (Å²) in [5.74, 6) is 0. The van der Waals surface area contributed by atoms with Gasteiger partial charge < -0.3 is 0 Å². The van der Waals surface area contributed by atoms with E-state index in [-0.39, 0.29) is 0 Å². The maximum atomic E-state index is 5.64. The maximum Gasteiger partial charge on any atom is -0.0353 e. The van der Waals surface area contributed by atoms with E-state index in [1.54, 1.807) is 0 Å². The van der Waals surface area contributed by atoms with Gasteiger partial charge in [-0.05, 0) is 26.6 Å². The molecule has 0 aliphatic carbocycles. The van der Waals surface area contributed by atoms with Gasteiger partial charge in [-0.25, -0.2) is 0 Å². The van der Waals surface area contributed by atoms with Crippen molar-refractivity contribution in [2.45, 2.75) is 0 Å². The highest BCUT2D eigenvalue weighted by molar-refractivity contribution is 7.97. The molecule has 0 aromatic rings. The van der Waals surface area contributed by atoms with Crippen LogP contribution in [-0.2, 0) is 0 Å². The minimum atomic E-state index is -0.917. The third kappa shape index (κ3) is 67.4. The monoisotopic (exact) mass is 111 g/mol. The molecule has 0 spiro atoms. The zero-order chi connectivity index (χ0) is 4.50. The molecule has 2 heteroatoms. The fourth-order valence-corrected chi connectivity index (χ4v) is 0. The third-order valence-corrected chi connectivity index (χ3v) is 0. The predicted molar refractivity (Wildman–Crippen MR) is 30.5 cm³/mol. The lowest BCUT2D eigenvalue weighted by molar-refractivity contribution is 2.10. The summed E-state index contributed by atoms with van der Waals surface area (Å²) < 4.78 is 0. The van der Waals surface area contributed by atoms with Crippen molar-refractivity contribution in [3.63, 3.8) is 0 Å². The van der Waals surface area contributed by atoms with E-state index in [0.29, 0.717) is 0 Å². The molecule has 0 saturated heterocycles. The van der Waals surface area contributed by atoms with Gasteiger partial charge in [0.15, 0.2) is 0 Å². The van der Waals surface area contributed by atoms with E-state index in [2.05, 4.69) is 20.0 Å². The maximum absolute atomic E-state index is 5.64. The molecular formula is C3H9ClP. The summed E-state index contributed by atoms with van der Waals surface area (Å²) in [6.45, 7) is 5.28. The standard InChI is InChI=1S/C3H9ClP/c1-5(2,3)4/h1-3H3. The van der Waals surface area contributed by atoms with Gasteiger partial charge >= 0.3 is 0 Å². The lowest BCUT2D eigenvalue weighted by atomic mass is 11.9. The summed E-state index contributed by atoms with van der Waals surface area (Å²) >= 11 is 5.64. The van der Waals surface area contributed by atoms with Crippen LogP contribution in [0.1, 0.15) is 0 Å². The molecular weight excluding hydrogens is 102 g/mol. The number of hydrogen-bond acceptors (Lipinski definition) is 0. The Morgan fingerprint density at radius 2 is 1.20 bits per heavy atom. The smallest absolute Gasteiger partial charge is 0.0353 e. The van der Waals surface area contributed by atoms with Crippen LogP contribution >= 0.6 is 17.9 Å². The van der Waals surface area contributed by atoms with Gasteiger partial charge in [0.2, 0.25) is 0 Å². The van der Waals surface area contributed by atoms with Crippen molar-refractivity contribution in [3.8, 4) is 0 Å². The highest BCUT2D eigenvalue weighted by atomic mass is 35.7. The summed E-state index contributed by atoms with van der Waals surface area (Å²) in [5.41, 5.74) is 0. The van der Waals surface area contributed by atoms with E-state index in [9.17, 15) is 0 Å². The third-order valence-electron chi connectivity index (χ3n) is 0. The largest absolute Gasteiger partial charge is 0.103 e. The van der Waals surface area contributed by atoms with Crippen molar-refractivity contribution < 1.29 is 0 Å². The van der Waals surface area contributed by atoms with Crippen LogP contribution in [0.15, 0.2) is 0 Å². The molecule has 0 fully saturated rings. The van der Waals surface area contributed by atoms with Crippen molar-refractivity contribution in [2.24, 2.45) is 0 Å². The second kappa shape index (κ2) is 1.45. The van der Waals surface area contributed by atoms with Crippen LogP contribution in [0.4, 0.5) is 0 Å². The Morgan fingerprint density at radius 1 is 1.20 bits per heavy atom. The summed E-state index contributed by atoms with van der Waals surface area (Å²) in [6.07, 6.45) is 0. The van der Waals surface area contributed by atoms with Crippen molar-refractivity contribution in [2.75, 3.05) is 20.0 Å². The van der Waals surface area contributed by atoms with Gasteiger partial charge in [-0.2, -0.15) is 0 Å². The molecule has 0 rings (SSSR count). The zero-order valence-electron chi connectivity index (χ0n) is 3.83. The molecule has 5 heavy (non-hydrogen) atoms. The van der Waals surface area contributed by atoms with Crippen LogP contribution in [0.5, 0.6) is 0 Å². The van der Waals surface area contributed by atoms with Gasteiger partial charge in [0.05, 0.1) is 0 Å². The molecule has 0 aromatic heterocycles. The van der Waals surface area contributed by atoms with Gasteiger partial charge in [-0.3, -0.25) is 0 Å². The molecule has 0 N–H and O–H groups in total. The molecule has 0 atom stereocenters. The Labute approximate surface area is 38.6 Å². The Morgan fingerprint density at radius 3 is 1.20 bits per heavy atom. The first kappa shape index (κ1) is 5.72. The highest BCUT2D eigenvalue weighted by Crippen LogP contribution is 2.51. The average molecular weight is 112 g/mol. The van der Waals surface area contributed by atoms with Crippen LogP contribution in [0.25, 0.3) is 0 Å². The zero-order valence-corrected chi connectivity index (χ0v) is 5.48. The molecule has 33 valence electrons. The number of rotatable bonds is 0. The van der Waals surface area contributed by atoms with Crippen molar-refractivity contribution >= 4 is 17.9 Å². The van der Waals surface area contributed by atoms with Gasteiger partial charge in [0.1, 0.15) is 0 Å². The van der Waals surface area contributed by atoms with Crippen LogP contribution in [0.3, 0.4) is 0 Å². The van der Waals surface area contributed by atoms with E-state index in [1.807, 2.05) is 0 Å². The number of hydrogen-bond donors (Lipinski definition) is 0. The minimum Gasteiger partial charge on any atom is -0.103 e. The molecule has 0 aliphatic heterocycles. The topological polar surface area (TPSA) is 0 Å². The van der Waals surface area contributed by atoms with E-state index in [1.165, 1.54) is 0 Å². The van der Waals surface area contributed by atoms with Crippen molar-refractivity contribution in [1.82, 2.24) is 0 Å². The molecule has 0 saturated carbocycles. The molecule has 0 nitrogen and oxygen atoms in total. The van der Waals surface area contributed by atoms with E-state index < -0.39 is 6.62 Å². The normalized spacial score (nSPS) is 12.0. The van der Waals surface area contributed by atoms with E-state index >= 15 is 0 Å². The lowest BCUT2D eigenvalue weighted by Crippen LogP contribution is -1.64. The molecule has 0 heterocycles. The Kier molecular flexibility index (Phi) is 1.65. The van der Waals surface area contributed by atoms with Crippen LogP contribution < -0.4 is 0 Å². The van der Waals surface area contributed by atoms with Crippen LogP contribution in [0.2, 0.25) is 0 Å². The van der Waals surface area contributed by atoms with Gasteiger partial charge in [0.25, 0.3) is 0 Å².